The highest BCUT2D eigenvalue weighted by molar-refractivity contribution is 8.00. The zero-order valence-corrected chi connectivity index (χ0v) is 11.5. The molecule has 1 nitrogen and oxygen atoms in total. The monoisotopic (exact) mass is 241 g/mol. The number of unbranched alkanes of at least 4 members (excludes halogenated alkanes) is 3. The second-order valence-corrected chi connectivity index (χ2v) is 6.07. The Bertz CT molecular complexity index is 176. The molecule has 1 aliphatic heterocycles. The third kappa shape index (κ3) is 5.40. The molecule has 0 aromatic carbocycles. The Morgan fingerprint density at radius 3 is 2.88 bits per heavy atom. The lowest BCUT2D eigenvalue weighted by molar-refractivity contribution is 0.449. The van der Waals surface area contributed by atoms with E-state index in [1.54, 1.807) is 0 Å². The molecule has 1 N–H and O–H groups in total. The lowest BCUT2D eigenvalue weighted by atomic mass is 10.0. The highest BCUT2D eigenvalue weighted by atomic mass is 32.2. The summed E-state index contributed by atoms with van der Waals surface area (Å²) < 4.78 is 0. The maximum absolute atomic E-state index is 3.77. The third-order valence-electron chi connectivity index (χ3n) is 3.46. The van der Waals surface area contributed by atoms with E-state index in [1.165, 1.54) is 57.1 Å². The Balaban J connectivity index is 2.12. The van der Waals surface area contributed by atoms with Crippen LogP contribution in [0.2, 0.25) is 0 Å². The van der Waals surface area contributed by atoms with Crippen LogP contribution in [0.3, 0.4) is 0 Å². The molecule has 2 atom stereocenters. The number of hydrogen-bond acceptors (Lipinski definition) is 2. The topological polar surface area (TPSA) is 12.0 Å². The van der Waals surface area contributed by atoms with Crippen LogP contribution >= 0.6 is 11.8 Å². The predicted molar refractivity (Wildman–Crippen MR) is 76.2 cm³/mol. The lowest BCUT2D eigenvalue weighted by Gasteiger charge is -2.29. The Hall–Kier alpha value is 0.0500. The molecule has 2 heteroatoms. The van der Waals surface area contributed by atoms with Gasteiger partial charge in [0.05, 0.1) is 0 Å². The van der Waals surface area contributed by atoms with Crippen molar-refractivity contribution in [1.29, 1.82) is 0 Å². The van der Waals surface area contributed by atoms with Gasteiger partial charge < -0.3 is 5.32 Å². The zero-order chi connectivity index (χ0) is 11.6. The summed E-state index contributed by atoms with van der Waals surface area (Å²) in [4.78, 5) is 0. The van der Waals surface area contributed by atoms with E-state index in [2.05, 4.69) is 30.7 Å². The van der Waals surface area contributed by atoms with Gasteiger partial charge in [0.2, 0.25) is 0 Å². The van der Waals surface area contributed by atoms with Gasteiger partial charge in [-0.1, -0.05) is 25.3 Å². The predicted octanol–water partition coefficient (Wildman–Crippen LogP) is 4.00. The van der Waals surface area contributed by atoms with Crippen molar-refractivity contribution >= 4 is 11.8 Å². The van der Waals surface area contributed by atoms with Gasteiger partial charge >= 0.3 is 0 Å². The van der Waals surface area contributed by atoms with E-state index in [0.717, 1.165) is 11.3 Å². The minimum Gasteiger partial charge on any atom is -0.316 e. The van der Waals surface area contributed by atoms with Crippen LogP contribution in [0, 0.1) is 0 Å². The largest absolute Gasteiger partial charge is 0.316 e. The first-order chi connectivity index (χ1) is 7.88. The minimum atomic E-state index is 0.744. The molecule has 2 unspecified atom stereocenters. The summed E-state index contributed by atoms with van der Waals surface area (Å²) in [6, 6.07) is 0.744. The van der Waals surface area contributed by atoms with Gasteiger partial charge in [0, 0.05) is 11.3 Å². The average molecular weight is 241 g/mol. The van der Waals surface area contributed by atoms with Gasteiger partial charge in [-0.25, -0.2) is 0 Å². The van der Waals surface area contributed by atoms with Gasteiger partial charge in [-0.2, -0.15) is 11.8 Å². The van der Waals surface area contributed by atoms with Crippen molar-refractivity contribution in [1.82, 2.24) is 5.32 Å². The molecule has 0 aromatic heterocycles. The van der Waals surface area contributed by atoms with Gasteiger partial charge in [0.1, 0.15) is 0 Å². The fourth-order valence-electron chi connectivity index (χ4n) is 2.43. The van der Waals surface area contributed by atoms with E-state index in [0.29, 0.717) is 0 Å². The highest BCUT2D eigenvalue weighted by Gasteiger charge is 2.22. The third-order valence-corrected chi connectivity index (χ3v) is 4.97. The van der Waals surface area contributed by atoms with Crippen LogP contribution in [0.1, 0.15) is 51.4 Å². The average Bonchev–Trinajstić information content (AvgIpc) is 2.35. The van der Waals surface area contributed by atoms with E-state index >= 15 is 0 Å². The Morgan fingerprint density at radius 1 is 1.38 bits per heavy atom. The molecule has 0 saturated carbocycles. The highest BCUT2D eigenvalue weighted by Crippen LogP contribution is 2.29. The molecule has 1 heterocycles. The quantitative estimate of drug-likeness (QED) is 0.509. The number of hydrogen-bond donors (Lipinski definition) is 1. The van der Waals surface area contributed by atoms with Gasteiger partial charge in [-0.15, -0.1) is 6.58 Å². The van der Waals surface area contributed by atoms with Crippen molar-refractivity contribution < 1.29 is 0 Å². The molecular formula is C14H27NS. The summed E-state index contributed by atoms with van der Waals surface area (Å²) in [5.41, 5.74) is 0. The lowest BCUT2D eigenvalue weighted by Crippen LogP contribution is -2.37. The molecule has 1 rings (SSSR count). The van der Waals surface area contributed by atoms with Crippen LogP contribution in [-0.2, 0) is 0 Å². The normalized spacial score (nSPS) is 22.9. The summed E-state index contributed by atoms with van der Waals surface area (Å²) >= 11 is 2.19. The van der Waals surface area contributed by atoms with Crippen molar-refractivity contribution in [3.8, 4) is 0 Å². The van der Waals surface area contributed by atoms with Gasteiger partial charge in [-0.3, -0.25) is 0 Å². The fraction of sp³-hybridized carbons (Fsp3) is 0.857. The zero-order valence-electron chi connectivity index (χ0n) is 10.7. The Morgan fingerprint density at radius 2 is 2.25 bits per heavy atom. The first-order valence-corrected chi connectivity index (χ1v) is 7.83. The Labute approximate surface area is 105 Å². The van der Waals surface area contributed by atoms with Crippen LogP contribution in [0.4, 0.5) is 0 Å². The van der Waals surface area contributed by atoms with Crippen LogP contribution < -0.4 is 5.32 Å². The van der Waals surface area contributed by atoms with Crippen molar-refractivity contribution in [2.45, 2.75) is 62.7 Å². The molecule has 1 saturated heterocycles. The fourth-order valence-corrected chi connectivity index (χ4v) is 3.94. The maximum atomic E-state index is 3.77. The first kappa shape index (κ1) is 14.1. The van der Waals surface area contributed by atoms with E-state index < -0.39 is 0 Å². The van der Waals surface area contributed by atoms with E-state index in [9.17, 15) is 0 Å². The first-order valence-electron chi connectivity index (χ1n) is 6.78. The molecule has 16 heavy (non-hydrogen) atoms. The summed E-state index contributed by atoms with van der Waals surface area (Å²) in [5, 5.41) is 4.39. The molecule has 1 aliphatic rings. The van der Waals surface area contributed by atoms with Crippen LogP contribution in [0.15, 0.2) is 12.7 Å². The van der Waals surface area contributed by atoms with Crippen LogP contribution in [0.25, 0.3) is 0 Å². The number of nitrogens with one attached hydrogen (secondary N) is 1. The molecule has 0 spiro atoms. The van der Waals surface area contributed by atoms with E-state index in [4.69, 9.17) is 0 Å². The van der Waals surface area contributed by atoms with Crippen LogP contribution in [-0.4, -0.2) is 24.1 Å². The summed E-state index contributed by atoms with van der Waals surface area (Å²) in [6.07, 6.45) is 12.9. The van der Waals surface area contributed by atoms with Gasteiger partial charge in [0.25, 0.3) is 0 Å². The van der Waals surface area contributed by atoms with Crippen molar-refractivity contribution in [2.75, 3.05) is 12.8 Å². The molecule has 1 fully saturated rings. The van der Waals surface area contributed by atoms with E-state index in [1.807, 2.05) is 6.08 Å². The van der Waals surface area contributed by atoms with E-state index in [-0.39, 0.29) is 0 Å². The molecular weight excluding hydrogens is 214 g/mol. The smallest absolute Gasteiger partial charge is 0.0201 e. The van der Waals surface area contributed by atoms with Gasteiger partial charge in [0.15, 0.2) is 0 Å². The SMILES string of the molecule is C=CCCCCCC(NC)C1CCCCS1. The van der Waals surface area contributed by atoms with Crippen molar-refractivity contribution in [3.63, 3.8) is 0 Å². The second kappa shape index (κ2) is 9.12. The molecule has 0 aromatic rings. The second-order valence-electron chi connectivity index (χ2n) is 4.73. The summed E-state index contributed by atoms with van der Waals surface area (Å²) in [7, 11) is 2.13. The number of allylic oxidation sites excluding steroid dienone is 1. The molecule has 0 bridgehead atoms. The van der Waals surface area contributed by atoms with Gasteiger partial charge in [-0.05, 0) is 44.9 Å². The molecule has 0 amide bonds. The van der Waals surface area contributed by atoms with Crippen molar-refractivity contribution in [2.24, 2.45) is 0 Å². The number of rotatable bonds is 8. The standard InChI is InChI=1S/C14H27NS/c1-3-4-5-6-7-10-13(15-2)14-11-8-9-12-16-14/h3,13-15H,1,4-12H2,2H3. The minimum absolute atomic E-state index is 0.744. The maximum Gasteiger partial charge on any atom is 0.0201 e. The summed E-state index contributed by atoms with van der Waals surface area (Å²) in [5.74, 6) is 1.37. The van der Waals surface area contributed by atoms with Crippen molar-refractivity contribution in [3.05, 3.63) is 12.7 Å². The van der Waals surface area contributed by atoms with Crippen LogP contribution in [0.5, 0.6) is 0 Å². The molecule has 0 radical (unpaired) electrons. The molecule has 94 valence electrons. The Kier molecular flexibility index (Phi) is 8.04. The summed E-state index contributed by atoms with van der Waals surface area (Å²) in [6.45, 7) is 3.77. The number of thioether (sulfide) groups is 1. The molecule has 0 aliphatic carbocycles.